The van der Waals surface area contributed by atoms with Crippen LogP contribution in [0.3, 0.4) is 0 Å². The molecule has 0 aromatic heterocycles. The molecule has 0 atom stereocenters. The topological polar surface area (TPSA) is 6.48 Å². The zero-order chi connectivity index (χ0) is 11.7. The summed E-state index contributed by atoms with van der Waals surface area (Å²) in [4.78, 5) is 5.48. The minimum Gasteiger partial charge on any atom is -0.296 e. The molecular weight excluding hydrogens is 204 g/mol. The summed E-state index contributed by atoms with van der Waals surface area (Å²) in [5, 5.41) is 0. The third-order valence-corrected chi connectivity index (χ3v) is 4.75. The van der Waals surface area contributed by atoms with Gasteiger partial charge in [-0.25, -0.2) is 0 Å². The van der Waals surface area contributed by atoms with Gasteiger partial charge in [0.15, 0.2) is 0 Å². The Kier molecular flexibility index (Phi) is 4.13. The van der Waals surface area contributed by atoms with Crippen molar-refractivity contribution >= 4 is 11.8 Å². The molecule has 0 N–H and O–H groups in total. The van der Waals surface area contributed by atoms with E-state index in [4.69, 9.17) is 0 Å². The second-order valence-electron chi connectivity index (χ2n) is 5.80. The van der Waals surface area contributed by atoms with Gasteiger partial charge in [0.2, 0.25) is 0 Å². The number of nitrogens with zero attached hydrogens (tertiary/aromatic N) is 2. The lowest BCUT2D eigenvalue weighted by molar-refractivity contribution is 0.0415. The summed E-state index contributed by atoms with van der Waals surface area (Å²) >= 11 is 1.95. The van der Waals surface area contributed by atoms with Gasteiger partial charge in [0.25, 0.3) is 0 Å². The monoisotopic (exact) mass is 230 g/mol. The highest BCUT2D eigenvalue weighted by atomic mass is 32.2. The van der Waals surface area contributed by atoms with E-state index in [0.717, 1.165) is 0 Å². The first-order valence-corrected chi connectivity index (χ1v) is 7.05. The van der Waals surface area contributed by atoms with Crippen LogP contribution in [-0.2, 0) is 0 Å². The third-order valence-electron chi connectivity index (χ3n) is 3.49. The predicted octanol–water partition coefficient (Wildman–Crippen LogP) is 2.50. The first kappa shape index (κ1) is 13.3. The summed E-state index contributed by atoms with van der Waals surface area (Å²) in [6.07, 6.45) is 2.20. The lowest BCUT2D eigenvalue weighted by Gasteiger charge is -2.47. The van der Waals surface area contributed by atoms with E-state index >= 15 is 0 Å². The van der Waals surface area contributed by atoms with Crippen LogP contribution in [0.4, 0.5) is 0 Å². The SMILES string of the molecule is CSC(C)(C)N1CCN(C(C)(C)C)CC1. The fraction of sp³-hybridized carbons (Fsp3) is 1.00. The molecule has 90 valence electrons. The van der Waals surface area contributed by atoms with Crippen LogP contribution in [0, 0.1) is 0 Å². The van der Waals surface area contributed by atoms with Crippen LogP contribution in [0.15, 0.2) is 0 Å². The summed E-state index contributed by atoms with van der Waals surface area (Å²) in [6.45, 7) is 16.4. The molecule has 2 nitrogen and oxygen atoms in total. The fourth-order valence-electron chi connectivity index (χ4n) is 2.04. The van der Waals surface area contributed by atoms with Crippen molar-refractivity contribution in [2.24, 2.45) is 0 Å². The Balaban J connectivity index is 2.50. The number of hydrogen-bond donors (Lipinski definition) is 0. The quantitative estimate of drug-likeness (QED) is 0.720. The number of hydrogen-bond acceptors (Lipinski definition) is 3. The first-order chi connectivity index (χ1) is 6.77. The van der Waals surface area contributed by atoms with Gasteiger partial charge < -0.3 is 0 Å². The lowest BCUT2D eigenvalue weighted by Crippen LogP contribution is -2.57. The minimum atomic E-state index is 0.296. The van der Waals surface area contributed by atoms with Crippen molar-refractivity contribution < 1.29 is 0 Å². The minimum absolute atomic E-state index is 0.296. The zero-order valence-electron chi connectivity index (χ0n) is 11.1. The first-order valence-electron chi connectivity index (χ1n) is 5.82. The highest BCUT2D eigenvalue weighted by Gasteiger charge is 2.32. The van der Waals surface area contributed by atoms with E-state index in [1.165, 1.54) is 26.2 Å². The Morgan fingerprint density at radius 2 is 1.20 bits per heavy atom. The molecule has 0 spiro atoms. The summed E-state index contributed by atoms with van der Waals surface area (Å²) in [7, 11) is 0. The summed E-state index contributed by atoms with van der Waals surface area (Å²) in [5.74, 6) is 0. The summed E-state index contributed by atoms with van der Waals surface area (Å²) in [5.41, 5.74) is 0.329. The molecule has 0 amide bonds. The van der Waals surface area contributed by atoms with E-state index < -0.39 is 0 Å². The zero-order valence-corrected chi connectivity index (χ0v) is 11.9. The maximum absolute atomic E-state index is 2.60. The lowest BCUT2D eigenvalue weighted by atomic mass is 10.0. The van der Waals surface area contributed by atoms with E-state index in [1.807, 2.05) is 11.8 Å². The van der Waals surface area contributed by atoms with Crippen LogP contribution < -0.4 is 0 Å². The van der Waals surface area contributed by atoms with Crippen LogP contribution in [0.2, 0.25) is 0 Å². The average molecular weight is 230 g/mol. The molecule has 1 heterocycles. The molecule has 3 heteroatoms. The Morgan fingerprint density at radius 3 is 1.53 bits per heavy atom. The summed E-state index contributed by atoms with van der Waals surface area (Å²) < 4.78 is 0. The van der Waals surface area contributed by atoms with Crippen molar-refractivity contribution in [2.75, 3.05) is 32.4 Å². The van der Waals surface area contributed by atoms with E-state index in [2.05, 4.69) is 50.7 Å². The van der Waals surface area contributed by atoms with Gasteiger partial charge in [-0.2, -0.15) is 0 Å². The molecule has 15 heavy (non-hydrogen) atoms. The average Bonchev–Trinajstić information content (AvgIpc) is 2.17. The van der Waals surface area contributed by atoms with Crippen LogP contribution >= 0.6 is 11.8 Å². The van der Waals surface area contributed by atoms with Gasteiger partial charge in [-0.15, -0.1) is 11.8 Å². The molecule has 1 aliphatic heterocycles. The molecule has 0 aromatic rings. The number of rotatable bonds is 2. The summed E-state index contributed by atoms with van der Waals surface area (Å²) in [6, 6.07) is 0. The highest BCUT2D eigenvalue weighted by Crippen LogP contribution is 2.28. The largest absolute Gasteiger partial charge is 0.296 e. The molecule has 0 aliphatic carbocycles. The van der Waals surface area contributed by atoms with Gasteiger partial charge in [-0.3, -0.25) is 9.80 Å². The van der Waals surface area contributed by atoms with Gasteiger partial charge >= 0.3 is 0 Å². The maximum atomic E-state index is 2.60. The van der Waals surface area contributed by atoms with E-state index in [9.17, 15) is 0 Å². The van der Waals surface area contributed by atoms with Gasteiger partial charge in [0.1, 0.15) is 0 Å². The van der Waals surface area contributed by atoms with Crippen molar-refractivity contribution in [3.8, 4) is 0 Å². The second kappa shape index (κ2) is 4.64. The van der Waals surface area contributed by atoms with Gasteiger partial charge in [0, 0.05) is 31.7 Å². The van der Waals surface area contributed by atoms with Crippen molar-refractivity contribution in [3.63, 3.8) is 0 Å². The number of thioether (sulfide) groups is 1. The van der Waals surface area contributed by atoms with Crippen molar-refractivity contribution in [1.82, 2.24) is 9.80 Å². The van der Waals surface area contributed by atoms with Crippen LogP contribution in [0.5, 0.6) is 0 Å². The standard InChI is InChI=1S/C12H26N2S/c1-11(2,3)13-7-9-14(10-8-13)12(4,5)15-6/h7-10H2,1-6H3. The van der Waals surface area contributed by atoms with Gasteiger partial charge in [-0.1, -0.05) is 0 Å². The van der Waals surface area contributed by atoms with Crippen molar-refractivity contribution in [2.45, 2.75) is 45.0 Å². The second-order valence-corrected chi connectivity index (χ2v) is 7.20. The van der Waals surface area contributed by atoms with E-state index in [1.54, 1.807) is 0 Å². The van der Waals surface area contributed by atoms with Crippen LogP contribution in [0.25, 0.3) is 0 Å². The molecule has 0 unspecified atom stereocenters. The normalized spacial score (nSPS) is 22.0. The molecule has 0 bridgehead atoms. The van der Waals surface area contributed by atoms with E-state index in [-0.39, 0.29) is 0 Å². The van der Waals surface area contributed by atoms with Crippen molar-refractivity contribution in [1.29, 1.82) is 0 Å². The molecule has 1 aliphatic rings. The van der Waals surface area contributed by atoms with Crippen molar-refractivity contribution in [3.05, 3.63) is 0 Å². The molecule has 1 rings (SSSR count). The molecule has 0 aromatic carbocycles. The third kappa shape index (κ3) is 3.36. The van der Waals surface area contributed by atoms with Gasteiger partial charge in [-0.05, 0) is 40.9 Å². The smallest absolute Gasteiger partial charge is 0.0611 e. The highest BCUT2D eigenvalue weighted by molar-refractivity contribution is 7.99. The Labute approximate surface area is 99.4 Å². The molecule has 0 radical (unpaired) electrons. The van der Waals surface area contributed by atoms with Crippen LogP contribution in [-0.4, -0.2) is 52.6 Å². The Hall–Kier alpha value is 0.270. The Bertz CT molecular complexity index is 200. The van der Waals surface area contributed by atoms with Crippen LogP contribution in [0.1, 0.15) is 34.6 Å². The molecule has 1 fully saturated rings. The Morgan fingerprint density at radius 1 is 0.800 bits per heavy atom. The maximum Gasteiger partial charge on any atom is 0.0611 e. The molecular formula is C12H26N2S. The molecule has 0 saturated carbocycles. The fourth-order valence-corrected chi connectivity index (χ4v) is 2.49. The van der Waals surface area contributed by atoms with E-state index in [0.29, 0.717) is 10.4 Å². The predicted molar refractivity (Wildman–Crippen MR) is 70.5 cm³/mol. The number of piperazine rings is 1. The molecule has 1 saturated heterocycles. The van der Waals surface area contributed by atoms with Gasteiger partial charge in [0.05, 0.1) is 4.87 Å².